The van der Waals surface area contributed by atoms with E-state index in [0.29, 0.717) is 5.75 Å². The van der Waals surface area contributed by atoms with Crippen molar-refractivity contribution in [2.24, 2.45) is 0 Å². The van der Waals surface area contributed by atoms with Crippen molar-refractivity contribution >= 4 is 17.8 Å². The number of nitrogens with one attached hydrogen (secondary N) is 1. The molecule has 2 rings (SSSR count). The maximum absolute atomic E-state index is 13.6. The second-order valence-corrected chi connectivity index (χ2v) is 5.00. The summed E-state index contributed by atoms with van der Waals surface area (Å²) in [7, 11) is 2.68. The number of hydrogen-bond donors (Lipinski definition) is 1. The number of rotatable bonds is 6. The number of carbonyl (C=O) groups is 3. The van der Waals surface area contributed by atoms with E-state index >= 15 is 0 Å². The molecule has 2 amide bonds. The van der Waals surface area contributed by atoms with Crippen LogP contribution in [0.15, 0.2) is 42.5 Å². The first kappa shape index (κ1) is 18.9. The summed E-state index contributed by atoms with van der Waals surface area (Å²) in [4.78, 5) is 35.7. The number of carbonyl (C=O) groups excluding carboxylic acids is 3. The molecule has 2 aromatic rings. The van der Waals surface area contributed by atoms with Crippen LogP contribution >= 0.6 is 0 Å². The van der Waals surface area contributed by atoms with Crippen LogP contribution < -0.4 is 14.8 Å². The van der Waals surface area contributed by atoms with Gasteiger partial charge in [0.05, 0.1) is 25.3 Å². The van der Waals surface area contributed by atoms with E-state index in [2.05, 4.69) is 5.32 Å². The number of benzene rings is 2. The summed E-state index contributed by atoms with van der Waals surface area (Å²) in [6.45, 7) is -0.701. The van der Waals surface area contributed by atoms with Crippen molar-refractivity contribution in [3.05, 3.63) is 59.4 Å². The first-order valence-electron chi connectivity index (χ1n) is 7.44. The number of para-hydroxylation sites is 1. The predicted molar refractivity (Wildman–Crippen MR) is 88.7 cm³/mol. The molecule has 0 aliphatic heterocycles. The van der Waals surface area contributed by atoms with Gasteiger partial charge in [0.2, 0.25) is 0 Å². The lowest BCUT2D eigenvalue weighted by Crippen LogP contribution is -2.34. The number of imide groups is 1. The Hall–Kier alpha value is -3.42. The van der Waals surface area contributed by atoms with Crippen LogP contribution in [-0.2, 0) is 9.53 Å². The summed E-state index contributed by atoms with van der Waals surface area (Å²) < 4.78 is 28.1. The quantitative estimate of drug-likeness (QED) is 0.791. The van der Waals surface area contributed by atoms with Crippen LogP contribution in [0, 0.1) is 5.82 Å². The van der Waals surface area contributed by atoms with Gasteiger partial charge in [-0.2, -0.15) is 0 Å². The number of methoxy groups -OCH3 is 2. The normalized spacial score (nSPS) is 9.96. The largest absolute Gasteiger partial charge is 0.496 e. The fourth-order valence-corrected chi connectivity index (χ4v) is 2.07. The molecule has 0 bridgehead atoms. The number of ether oxygens (including phenoxy) is 3. The smallest absolute Gasteiger partial charge is 0.338 e. The van der Waals surface area contributed by atoms with Gasteiger partial charge in [-0.1, -0.05) is 12.1 Å². The van der Waals surface area contributed by atoms with Crippen LogP contribution in [0.3, 0.4) is 0 Å². The second-order valence-electron chi connectivity index (χ2n) is 5.00. The van der Waals surface area contributed by atoms with Gasteiger partial charge >= 0.3 is 5.97 Å². The van der Waals surface area contributed by atoms with E-state index in [9.17, 15) is 18.8 Å². The molecule has 8 heteroatoms. The van der Waals surface area contributed by atoms with Crippen molar-refractivity contribution in [3.8, 4) is 11.5 Å². The Morgan fingerprint density at radius 2 is 1.69 bits per heavy atom. The highest BCUT2D eigenvalue weighted by Crippen LogP contribution is 2.18. The summed E-state index contributed by atoms with van der Waals surface area (Å²) in [6.07, 6.45) is 0. The van der Waals surface area contributed by atoms with E-state index in [1.165, 1.54) is 32.4 Å². The lowest BCUT2D eigenvalue weighted by molar-refractivity contribution is -0.123. The summed E-state index contributed by atoms with van der Waals surface area (Å²) in [6, 6.07) is 9.82. The second kappa shape index (κ2) is 8.61. The van der Waals surface area contributed by atoms with Gasteiger partial charge in [-0.15, -0.1) is 0 Å². The van der Waals surface area contributed by atoms with Crippen molar-refractivity contribution in [1.29, 1.82) is 0 Å². The Morgan fingerprint density at radius 3 is 2.35 bits per heavy atom. The molecule has 0 unspecified atom stereocenters. The van der Waals surface area contributed by atoms with E-state index in [1.54, 1.807) is 18.2 Å². The Kier molecular flexibility index (Phi) is 6.26. The van der Waals surface area contributed by atoms with Crippen molar-refractivity contribution < 1.29 is 33.0 Å². The van der Waals surface area contributed by atoms with Crippen LogP contribution in [0.1, 0.15) is 20.7 Å². The fraction of sp³-hybridized carbons (Fsp3) is 0.167. The SMILES string of the molecule is COc1ccc(C(=O)OCC(=O)NC(=O)c2ccccc2OC)cc1F. The lowest BCUT2D eigenvalue weighted by Gasteiger charge is -2.09. The molecule has 0 aliphatic rings. The van der Waals surface area contributed by atoms with Crippen LogP contribution in [0.5, 0.6) is 11.5 Å². The highest BCUT2D eigenvalue weighted by molar-refractivity contribution is 6.07. The molecule has 0 spiro atoms. The molecule has 26 heavy (non-hydrogen) atoms. The van der Waals surface area contributed by atoms with Crippen molar-refractivity contribution in [3.63, 3.8) is 0 Å². The van der Waals surface area contributed by atoms with Gasteiger partial charge in [0.25, 0.3) is 11.8 Å². The zero-order valence-electron chi connectivity index (χ0n) is 14.1. The molecule has 0 radical (unpaired) electrons. The maximum Gasteiger partial charge on any atom is 0.338 e. The predicted octanol–water partition coefficient (Wildman–Crippen LogP) is 1.96. The Balaban J connectivity index is 1.93. The summed E-state index contributed by atoms with van der Waals surface area (Å²) in [5.41, 5.74) is 0.0686. The van der Waals surface area contributed by atoms with Crippen LogP contribution in [-0.4, -0.2) is 38.6 Å². The molecule has 0 aromatic heterocycles. The third kappa shape index (κ3) is 4.56. The first-order chi connectivity index (χ1) is 12.5. The molecule has 2 aromatic carbocycles. The third-order valence-corrected chi connectivity index (χ3v) is 3.33. The van der Waals surface area contributed by atoms with Gasteiger partial charge < -0.3 is 14.2 Å². The number of hydrogen-bond acceptors (Lipinski definition) is 6. The van der Waals surface area contributed by atoms with Crippen LogP contribution in [0.25, 0.3) is 0 Å². The van der Waals surface area contributed by atoms with E-state index in [-0.39, 0.29) is 16.9 Å². The van der Waals surface area contributed by atoms with Crippen molar-refractivity contribution in [2.75, 3.05) is 20.8 Å². The van der Waals surface area contributed by atoms with E-state index < -0.39 is 30.2 Å². The van der Waals surface area contributed by atoms with Crippen LogP contribution in [0.2, 0.25) is 0 Å². The molecule has 0 heterocycles. The first-order valence-corrected chi connectivity index (χ1v) is 7.44. The molecule has 0 saturated heterocycles. The Bertz CT molecular complexity index is 836. The zero-order chi connectivity index (χ0) is 19.1. The van der Waals surface area contributed by atoms with Gasteiger partial charge in [0, 0.05) is 0 Å². The monoisotopic (exact) mass is 361 g/mol. The number of esters is 1. The Morgan fingerprint density at radius 1 is 1.00 bits per heavy atom. The fourth-order valence-electron chi connectivity index (χ4n) is 2.07. The standard InChI is InChI=1S/C18H16FNO6/c1-24-14-6-4-3-5-12(14)17(22)20-16(21)10-26-18(23)11-7-8-15(25-2)13(19)9-11/h3-9H,10H2,1-2H3,(H,20,21,22). The van der Waals surface area contributed by atoms with Gasteiger partial charge in [-0.05, 0) is 30.3 Å². The molecule has 0 aliphatic carbocycles. The minimum atomic E-state index is -0.911. The topological polar surface area (TPSA) is 90.9 Å². The van der Waals surface area contributed by atoms with Gasteiger partial charge in [-0.25, -0.2) is 9.18 Å². The Labute approximate surface area is 148 Å². The molecule has 1 N–H and O–H groups in total. The van der Waals surface area contributed by atoms with Crippen molar-refractivity contribution in [1.82, 2.24) is 5.32 Å². The lowest BCUT2D eigenvalue weighted by atomic mass is 10.2. The molecule has 0 saturated carbocycles. The molecular weight excluding hydrogens is 345 g/mol. The molecular formula is C18H16FNO6. The maximum atomic E-state index is 13.6. The van der Waals surface area contributed by atoms with Crippen LogP contribution in [0.4, 0.5) is 4.39 Å². The minimum absolute atomic E-state index is 0.0262. The highest BCUT2D eigenvalue weighted by atomic mass is 19.1. The molecule has 0 atom stereocenters. The molecule has 136 valence electrons. The van der Waals surface area contributed by atoms with Gasteiger partial charge in [0.1, 0.15) is 5.75 Å². The number of amides is 2. The van der Waals surface area contributed by atoms with E-state index in [4.69, 9.17) is 14.2 Å². The summed E-state index contributed by atoms with van der Waals surface area (Å²) in [5, 5.41) is 2.08. The molecule has 7 nitrogen and oxygen atoms in total. The number of halogens is 1. The average Bonchev–Trinajstić information content (AvgIpc) is 2.65. The molecule has 0 fully saturated rings. The van der Waals surface area contributed by atoms with Gasteiger partial charge in [-0.3, -0.25) is 14.9 Å². The van der Waals surface area contributed by atoms with Crippen molar-refractivity contribution in [2.45, 2.75) is 0 Å². The summed E-state index contributed by atoms with van der Waals surface area (Å²) >= 11 is 0. The minimum Gasteiger partial charge on any atom is -0.496 e. The third-order valence-electron chi connectivity index (χ3n) is 3.33. The van der Waals surface area contributed by atoms with E-state index in [1.807, 2.05) is 0 Å². The highest BCUT2D eigenvalue weighted by Gasteiger charge is 2.17. The van der Waals surface area contributed by atoms with Gasteiger partial charge in [0.15, 0.2) is 18.2 Å². The summed E-state index contributed by atoms with van der Waals surface area (Å²) in [5.74, 6) is -2.91. The zero-order valence-corrected chi connectivity index (χ0v) is 14.1. The average molecular weight is 361 g/mol. The van der Waals surface area contributed by atoms with E-state index in [0.717, 1.165) is 6.07 Å².